The van der Waals surface area contributed by atoms with E-state index in [4.69, 9.17) is 9.84 Å². The van der Waals surface area contributed by atoms with Crippen LogP contribution in [0.1, 0.15) is 47.5 Å². The van der Waals surface area contributed by atoms with Crippen LogP contribution in [0.5, 0.6) is 0 Å². The minimum atomic E-state index is -0.766. The van der Waals surface area contributed by atoms with Gasteiger partial charge in [-0.15, -0.1) is 0 Å². The molecule has 0 rings (SSSR count). The smallest absolute Gasteiger partial charge is 0.303 e. The van der Waals surface area contributed by atoms with Crippen molar-refractivity contribution < 1.29 is 14.6 Å². The van der Waals surface area contributed by atoms with Crippen LogP contribution in [0.3, 0.4) is 0 Å². The van der Waals surface area contributed by atoms with E-state index in [-0.39, 0.29) is 17.9 Å². The quantitative estimate of drug-likeness (QED) is 0.560. The Morgan fingerprint density at radius 2 is 2.00 bits per heavy atom. The monoisotopic (exact) mass is 228 g/mol. The summed E-state index contributed by atoms with van der Waals surface area (Å²) in [5, 5.41) is 8.46. The van der Waals surface area contributed by atoms with Crippen molar-refractivity contribution in [2.24, 2.45) is 5.41 Å². The molecule has 0 aromatic rings. The van der Waals surface area contributed by atoms with E-state index in [0.29, 0.717) is 13.0 Å². The lowest BCUT2D eigenvalue weighted by Crippen LogP contribution is -2.13. The first-order valence-electron chi connectivity index (χ1n) is 5.76. The molecule has 0 aromatic heterocycles. The highest BCUT2D eigenvalue weighted by Gasteiger charge is 2.13. The molecule has 0 bridgehead atoms. The van der Waals surface area contributed by atoms with Gasteiger partial charge in [0.05, 0.1) is 6.10 Å². The highest BCUT2D eigenvalue weighted by atomic mass is 16.5. The molecule has 3 heteroatoms. The average Bonchev–Trinajstić information content (AvgIpc) is 2.10. The lowest BCUT2D eigenvalue weighted by atomic mass is 9.87. The highest BCUT2D eigenvalue weighted by Crippen LogP contribution is 2.24. The molecule has 0 radical (unpaired) electrons. The zero-order chi connectivity index (χ0) is 12.8. The Balaban J connectivity index is 3.90. The van der Waals surface area contributed by atoms with Gasteiger partial charge in [0.1, 0.15) is 0 Å². The van der Waals surface area contributed by atoms with E-state index in [9.17, 15) is 4.79 Å². The Morgan fingerprint density at radius 1 is 1.44 bits per heavy atom. The second-order valence-electron chi connectivity index (χ2n) is 5.17. The molecule has 1 unspecified atom stereocenters. The third kappa shape index (κ3) is 7.46. The first-order valence-corrected chi connectivity index (χ1v) is 5.76. The normalized spacial score (nSPS) is 14.9. The summed E-state index contributed by atoms with van der Waals surface area (Å²) >= 11 is 0. The largest absolute Gasteiger partial charge is 0.481 e. The zero-order valence-corrected chi connectivity index (χ0v) is 11.0. The Hall–Kier alpha value is -0.830. The lowest BCUT2D eigenvalue weighted by molar-refractivity contribution is -0.137. The molecule has 16 heavy (non-hydrogen) atoms. The summed E-state index contributed by atoms with van der Waals surface area (Å²) in [6.45, 7) is 11.1. The minimum absolute atomic E-state index is 0.0491. The summed E-state index contributed by atoms with van der Waals surface area (Å²) < 4.78 is 5.52. The standard InChI is InChI=1S/C13H24O3/c1-10(13(3,4)5)9-11(2)16-8-6-7-12(14)15/h9,11H,6-8H2,1-5H3,(H,14,15). The number of hydrogen-bond donors (Lipinski definition) is 1. The van der Waals surface area contributed by atoms with Gasteiger partial charge in [0, 0.05) is 13.0 Å². The molecule has 94 valence electrons. The van der Waals surface area contributed by atoms with Crippen LogP contribution in [0.4, 0.5) is 0 Å². The molecule has 0 saturated carbocycles. The number of ether oxygens (including phenoxy) is 1. The van der Waals surface area contributed by atoms with Crippen LogP contribution in [0.2, 0.25) is 0 Å². The van der Waals surface area contributed by atoms with E-state index in [1.54, 1.807) is 0 Å². The summed E-state index contributed by atoms with van der Waals surface area (Å²) in [5.41, 5.74) is 1.46. The SMILES string of the molecule is CC(=CC(C)OCCCC(=O)O)C(C)(C)C. The van der Waals surface area contributed by atoms with Crippen LogP contribution in [0, 0.1) is 5.41 Å². The topological polar surface area (TPSA) is 46.5 Å². The Morgan fingerprint density at radius 3 is 2.44 bits per heavy atom. The number of carboxylic acid groups (broad SMARTS) is 1. The van der Waals surface area contributed by atoms with Crippen molar-refractivity contribution >= 4 is 5.97 Å². The number of carbonyl (C=O) groups is 1. The van der Waals surface area contributed by atoms with Crippen LogP contribution in [-0.4, -0.2) is 23.8 Å². The van der Waals surface area contributed by atoms with Gasteiger partial charge in [0.2, 0.25) is 0 Å². The Bertz CT molecular complexity index is 248. The molecular formula is C13H24O3. The van der Waals surface area contributed by atoms with Crippen molar-refractivity contribution in [1.29, 1.82) is 0 Å². The van der Waals surface area contributed by atoms with Gasteiger partial charge in [-0.3, -0.25) is 4.79 Å². The van der Waals surface area contributed by atoms with Crippen molar-refractivity contribution in [2.45, 2.75) is 53.6 Å². The van der Waals surface area contributed by atoms with Gasteiger partial charge in [-0.25, -0.2) is 0 Å². The van der Waals surface area contributed by atoms with Gasteiger partial charge in [-0.1, -0.05) is 32.4 Å². The molecule has 0 aromatic carbocycles. The summed E-state index contributed by atoms with van der Waals surface area (Å²) in [6, 6.07) is 0. The predicted octanol–water partition coefficient (Wildman–Crippen LogP) is 3.25. The lowest BCUT2D eigenvalue weighted by Gasteiger charge is -2.21. The maximum Gasteiger partial charge on any atom is 0.303 e. The fraction of sp³-hybridized carbons (Fsp3) is 0.769. The van der Waals surface area contributed by atoms with Gasteiger partial charge in [0.25, 0.3) is 0 Å². The molecule has 3 nitrogen and oxygen atoms in total. The van der Waals surface area contributed by atoms with Crippen LogP contribution in [0.25, 0.3) is 0 Å². The fourth-order valence-corrected chi connectivity index (χ4v) is 1.14. The van der Waals surface area contributed by atoms with E-state index in [1.807, 2.05) is 6.92 Å². The zero-order valence-electron chi connectivity index (χ0n) is 11.0. The number of carboxylic acids is 1. The van der Waals surface area contributed by atoms with Crippen LogP contribution in [0.15, 0.2) is 11.6 Å². The van der Waals surface area contributed by atoms with E-state index in [0.717, 1.165) is 0 Å². The van der Waals surface area contributed by atoms with Gasteiger partial charge in [-0.2, -0.15) is 0 Å². The number of rotatable bonds is 6. The van der Waals surface area contributed by atoms with Crippen LogP contribution < -0.4 is 0 Å². The summed E-state index contributed by atoms with van der Waals surface area (Å²) in [6.07, 6.45) is 2.89. The van der Waals surface area contributed by atoms with Gasteiger partial charge in [-0.05, 0) is 25.7 Å². The molecule has 0 aliphatic heterocycles. The molecular weight excluding hydrogens is 204 g/mol. The van der Waals surface area contributed by atoms with Crippen molar-refractivity contribution in [3.05, 3.63) is 11.6 Å². The minimum Gasteiger partial charge on any atom is -0.481 e. The van der Waals surface area contributed by atoms with E-state index < -0.39 is 5.97 Å². The van der Waals surface area contributed by atoms with E-state index >= 15 is 0 Å². The van der Waals surface area contributed by atoms with E-state index in [1.165, 1.54) is 5.57 Å². The van der Waals surface area contributed by atoms with Gasteiger partial charge >= 0.3 is 5.97 Å². The van der Waals surface area contributed by atoms with Crippen molar-refractivity contribution in [1.82, 2.24) is 0 Å². The third-order valence-corrected chi connectivity index (χ3v) is 2.58. The molecule has 1 N–H and O–H groups in total. The Labute approximate surface area is 98.5 Å². The van der Waals surface area contributed by atoms with Gasteiger partial charge in [0.15, 0.2) is 0 Å². The molecule has 0 saturated heterocycles. The second-order valence-corrected chi connectivity index (χ2v) is 5.17. The summed E-state index contributed by atoms with van der Waals surface area (Å²) in [7, 11) is 0. The Kier molecular flexibility index (Phi) is 6.34. The predicted molar refractivity (Wildman–Crippen MR) is 65.5 cm³/mol. The summed E-state index contributed by atoms with van der Waals surface area (Å²) in [5.74, 6) is -0.766. The third-order valence-electron chi connectivity index (χ3n) is 2.58. The first kappa shape index (κ1) is 15.2. The molecule has 1 atom stereocenters. The molecule has 0 spiro atoms. The van der Waals surface area contributed by atoms with Crippen molar-refractivity contribution in [2.75, 3.05) is 6.61 Å². The fourth-order valence-electron chi connectivity index (χ4n) is 1.14. The van der Waals surface area contributed by atoms with Crippen molar-refractivity contribution in [3.63, 3.8) is 0 Å². The molecule has 0 aliphatic carbocycles. The second kappa shape index (κ2) is 6.69. The number of aliphatic carboxylic acids is 1. The maximum absolute atomic E-state index is 10.3. The average molecular weight is 228 g/mol. The number of hydrogen-bond acceptors (Lipinski definition) is 2. The summed E-state index contributed by atoms with van der Waals surface area (Å²) in [4.78, 5) is 10.3. The van der Waals surface area contributed by atoms with Crippen molar-refractivity contribution in [3.8, 4) is 0 Å². The van der Waals surface area contributed by atoms with E-state index in [2.05, 4.69) is 33.8 Å². The van der Waals surface area contributed by atoms with Crippen LogP contribution >= 0.6 is 0 Å². The molecule has 0 amide bonds. The maximum atomic E-state index is 10.3. The first-order chi connectivity index (χ1) is 7.23. The highest BCUT2D eigenvalue weighted by molar-refractivity contribution is 5.66. The van der Waals surface area contributed by atoms with Crippen LogP contribution in [-0.2, 0) is 9.53 Å². The number of allylic oxidation sites excluding steroid dienone is 1. The molecule has 0 heterocycles. The van der Waals surface area contributed by atoms with Gasteiger partial charge < -0.3 is 9.84 Å². The molecule has 0 aliphatic rings. The molecule has 0 fully saturated rings.